The third-order valence-electron chi connectivity index (χ3n) is 6.95. The van der Waals surface area contributed by atoms with Crippen molar-refractivity contribution in [3.05, 3.63) is 75.4 Å². The molecule has 2 aromatic carbocycles. The summed E-state index contributed by atoms with van der Waals surface area (Å²) < 4.78 is 2.41. The van der Waals surface area contributed by atoms with Gasteiger partial charge in [0.2, 0.25) is 0 Å². The summed E-state index contributed by atoms with van der Waals surface area (Å²) >= 11 is 12.9. The van der Waals surface area contributed by atoms with Crippen LogP contribution in [0.5, 0.6) is 0 Å². The number of rotatable bonds is 3. The predicted octanol–water partition coefficient (Wildman–Crippen LogP) is 7.45. The van der Waals surface area contributed by atoms with E-state index in [1.165, 1.54) is 60.2 Å². The van der Waals surface area contributed by atoms with Crippen LogP contribution in [0.15, 0.2) is 48.5 Å². The van der Waals surface area contributed by atoms with Gasteiger partial charge in [0.15, 0.2) is 0 Å². The molecule has 0 saturated heterocycles. The highest BCUT2D eigenvalue weighted by molar-refractivity contribution is 6.32. The van der Waals surface area contributed by atoms with Crippen molar-refractivity contribution in [1.29, 1.82) is 0 Å². The van der Waals surface area contributed by atoms with E-state index in [4.69, 9.17) is 23.2 Å². The first-order chi connectivity index (χ1) is 14.6. The Labute approximate surface area is 189 Å². The molecule has 3 aromatic rings. The number of para-hydroxylation sites is 1. The van der Waals surface area contributed by atoms with E-state index in [2.05, 4.69) is 40.7 Å². The molecule has 0 radical (unpaired) electrons. The highest BCUT2D eigenvalue weighted by Crippen LogP contribution is 2.40. The Kier molecular flexibility index (Phi) is 5.66. The zero-order valence-corrected chi connectivity index (χ0v) is 19.0. The molecule has 0 atom stereocenters. The summed E-state index contributed by atoms with van der Waals surface area (Å²) in [6, 6.07) is 17.2. The lowest BCUT2D eigenvalue weighted by atomic mass is 9.92. The third kappa shape index (κ3) is 3.60. The van der Waals surface area contributed by atoms with Crippen LogP contribution in [0.3, 0.4) is 0 Å². The lowest BCUT2D eigenvalue weighted by Gasteiger charge is -2.37. The standard InChI is InChI=1S/C26H28Cl2N2/c1-18-22-17-29(21-7-3-2-4-8-21)16-15-24(22)30(25-10-6-5-9-23(25)28)26(18)19-11-13-20(27)14-12-19/h5-6,9-14,21H,2-4,7-8,15-17H2,1H3. The molecule has 1 saturated carbocycles. The second-order valence-electron chi connectivity index (χ2n) is 8.70. The van der Waals surface area contributed by atoms with Crippen molar-refractivity contribution < 1.29 is 0 Å². The van der Waals surface area contributed by atoms with Crippen LogP contribution in [0.4, 0.5) is 0 Å². The van der Waals surface area contributed by atoms with Gasteiger partial charge in [-0.1, -0.05) is 66.7 Å². The number of hydrogen-bond donors (Lipinski definition) is 0. The van der Waals surface area contributed by atoms with Crippen LogP contribution in [0.1, 0.15) is 48.9 Å². The Morgan fingerprint density at radius 1 is 0.900 bits per heavy atom. The molecule has 30 heavy (non-hydrogen) atoms. The van der Waals surface area contributed by atoms with E-state index in [1.54, 1.807) is 0 Å². The molecule has 2 heterocycles. The SMILES string of the molecule is Cc1c2c(n(-c3ccccc3Cl)c1-c1ccc(Cl)cc1)CCN(C1CCCCC1)C2. The van der Waals surface area contributed by atoms with E-state index in [0.717, 1.165) is 41.3 Å². The summed E-state index contributed by atoms with van der Waals surface area (Å²) in [5.41, 5.74) is 7.77. The molecule has 0 N–H and O–H groups in total. The predicted molar refractivity (Wildman–Crippen MR) is 127 cm³/mol. The van der Waals surface area contributed by atoms with E-state index < -0.39 is 0 Å². The Morgan fingerprint density at radius 2 is 1.63 bits per heavy atom. The molecule has 4 heteroatoms. The van der Waals surface area contributed by atoms with Gasteiger partial charge in [0.25, 0.3) is 0 Å². The quantitative estimate of drug-likeness (QED) is 0.411. The summed E-state index contributed by atoms with van der Waals surface area (Å²) in [6.45, 7) is 4.45. The smallest absolute Gasteiger partial charge is 0.0646 e. The maximum atomic E-state index is 6.69. The molecule has 0 bridgehead atoms. The van der Waals surface area contributed by atoms with Crippen molar-refractivity contribution in [2.75, 3.05) is 6.54 Å². The maximum absolute atomic E-state index is 6.69. The largest absolute Gasteiger partial charge is 0.311 e. The minimum absolute atomic E-state index is 0.744. The van der Waals surface area contributed by atoms with E-state index in [9.17, 15) is 0 Å². The van der Waals surface area contributed by atoms with Crippen LogP contribution < -0.4 is 0 Å². The molecule has 2 nitrogen and oxygen atoms in total. The van der Waals surface area contributed by atoms with Gasteiger partial charge in [0.1, 0.15) is 0 Å². The third-order valence-corrected chi connectivity index (χ3v) is 7.52. The number of nitrogens with zero attached hydrogens (tertiary/aromatic N) is 2. The summed E-state index contributed by atoms with van der Waals surface area (Å²) in [7, 11) is 0. The first-order valence-corrected chi connectivity index (χ1v) is 11.9. The number of benzene rings is 2. The van der Waals surface area contributed by atoms with Gasteiger partial charge in [-0.3, -0.25) is 4.90 Å². The number of aromatic nitrogens is 1. The summed E-state index contributed by atoms with van der Waals surface area (Å²) in [5.74, 6) is 0. The highest BCUT2D eigenvalue weighted by atomic mass is 35.5. The molecule has 2 aliphatic rings. The first kappa shape index (κ1) is 20.2. The van der Waals surface area contributed by atoms with E-state index in [-0.39, 0.29) is 0 Å². The van der Waals surface area contributed by atoms with Crippen molar-refractivity contribution in [3.63, 3.8) is 0 Å². The Hall–Kier alpha value is -1.74. The van der Waals surface area contributed by atoms with Crippen LogP contribution in [-0.4, -0.2) is 22.1 Å². The van der Waals surface area contributed by atoms with Gasteiger partial charge in [-0.05, 0) is 60.7 Å². The zero-order valence-electron chi connectivity index (χ0n) is 17.5. The monoisotopic (exact) mass is 438 g/mol. The van der Waals surface area contributed by atoms with Crippen molar-refractivity contribution in [3.8, 4) is 16.9 Å². The van der Waals surface area contributed by atoms with Crippen molar-refractivity contribution >= 4 is 23.2 Å². The Morgan fingerprint density at radius 3 is 2.37 bits per heavy atom. The Balaban J connectivity index is 1.64. The van der Waals surface area contributed by atoms with Gasteiger partial charge in [-0.2, -0.15) is 0 Å². The van der Waals surface area contributed by atoms with Crippen molar-refractivity contribution in [1.82, 2.24) is 9.47 Å². The average molecular weight is 439 g/mol. The van der Waals surface area contributed by atoms with Gasteiger partial charge in [0, 0.05) is 36.3 Å². The molecule has 156 valence electrons. The topological polar surface area (TPSA) is 8.17 Å². The molecule has 0 spiro atoms. The lowest BCUT2D eigenvalue weighted by Crippen LogP contribution is -2.40. The summed E-state index contributed by atoms with van der Waals surface area (Å²) in [6.07, 6.45) is 7.92. The average Bonchev–Trinajstić information content (AvgIpc) is 3.07. The Bertz CT molecular complexity index is 1050. The minimum Gasteiger partial charge on any atom is -0.311 e. The second-order valence-corrected chi connectivity index (χ2v) is 9.55. The lowest BCUT2D eigenvalue weighted by molar-refractivity contribution is 0.140. The molecule has 1 fully saturated rings. The summed E-state index contributed by atoms with van der Waals surface area (Å²) in [4.78, 5) is 2.73. The maximum Gasteiger partial charge on any atom is 0.0646 e. The number of hydrogen-bond acceptors (Lipinski definition) is 1. The van der Waals surface area contributed by atoms with Gasteiger partial charge in [-0.25, -0.2) is 0 Å². The van der Waals surface area contributed by atoms with E-state index in [1.807, 2.05) is 24.3 Å². The van der Waals surface area contributed by atoms with Crippen LogP contribution in [0, 0.1) is 6.92 Å². The van der Waals surface area contributed by atoms with Crippen molar-refractivity contribution in [2.45, 2.75) is 58.0 Å². The molecule has 0 unspecified atom stereocenters. The molecule has 5 rings (SSSR count). The van der Waals surface area contributed by atoms with Crippen LogP contribution in [0.25, 0.3) is 16.9 Å². The van der Waals surface area contributed by atoms with Gasteiger partial charge in [-0.15, -0.1) is 0 Å². The fourth-order valence-corrected chi connectivity index (χ4v) is 5.76. The van der Waals surface area contributed by atoms with E-state index in [0.29, 0.717) is 0 Å². The molecule has 1 aromatic heterocycles. The molecule has 1 aliphatic carbocycles. The van der Waals surface area contributed by atoms with Crippen LogP contribution in [0.2, 0.25) is 10.0 Å². The van der Waals surface area contributed by atoms with Crippen LogP contribution in [-0.2, 0) is 13.0 Å². The van der Waals surface area contributed by atoms with Gasteiger partial charge < -0.3 is 4.57 Å². The second kappa shape index (κ2) is 8.42. The fourth-order valence-electron chi connectivity index (χ4n) is 5.41. The number of halogens is 2. The summed E-state index contributed by atoms with van der Waals surface area (Å²) in [5, 5.41) is 1.56. The first-order valence-electron chi connectivity index (χ1n) is 11.1. The molecular weight excluding hydrogens is 411 g/mol. The molecule has 1 aliphatic heterocycles. The molecular formula is C26H28Cl2N2. The van der Waals surface area contributed by atoms with E-state index >= 15 is 0 Å². The van der Waals surface area contributed by atoms with Crippen LogP contribution >= 0.6 is 23.2 Å². The van der Waals surface area contributed by atoms with Crippen molar-refractivity contribution in [2.24, 2.45) is 0 Å². The zero-order chi connectivity index (χ0) is 20.7. The normalized spacial score (nSPS) is 17.8. The molecule has 0 amide bonds. The highest BCUT2D eigenvalue weighted by Gasteiger charge is 2.31. The van der Waals surface area contributed by atoms with Gasteiger partial charge >= 0.3 is 0 Å². The number of fused-ring (bicyclic) bond motifs is 1. The van der Waals surface area contributed by atoms with Gasteiger partial charge in [0.05, 0.1) is 16.4 Å². The minimum atomic E-state index is 0.744. The fraction of sp³-hybridized carbons (Fsp3) is 0.385.